The molecule has 0 bridgehead atoms. The molecule has 0 aliphatic heterocycles. The van der Waals surface area contributed by atoms with Crippen LogP contribution in [0, 0.1) is 0 Å². The van der Waals surface area contributed by atoms with Crippen LogP contribution < -0.4 is 5.73 Å². The van der Waals surface area contributed by atoms with E-state index in [0.717, 1.165) is 16.6 Å². The quantitative estimate of drug-likeness (QED) is 0.939. The maximum absolute atomic E-state index is 5.78. The van der Waals surface area contributed by atoms with E-state index < -0.39 is 0 Å². The Kier molecular flexibility index (Phi) is 3.41. The molecule has 0 fully saturated rings. The largest absolute Gasteiger partial charge is 0.324 e. The minimum absolute atomic E-state index is 0.0382. The minimum atomic E-state index is 0.0382. The Hall–Kier alpha value is -1.13. The summed E-state index contributed by atoms with van der Waals surface area (Å²) in [5.41, 5.74) is 8.06. The van der Waals surface area contributed by atoms with Crippen LogP contribution in [0.3, 0.4) is 0 Å². The average Bonchev–Trinajstić information content (AvgIpc) is 2.66. The summed E-state index contributed by atoms with van der Waals surface area (Å²) in [6, 6.07) is 8.25. The average molecular weight is 280 g/mol. The van der Waals surface area contributed by atoms with E-state index in [1.54, 1.807) is 0 Å². The summed E-state index contributed by atoms with van der Waals surface area (Å²) in [7, 11) is 0. The van der Waals surface area contributed by atoms with Gasteiger partial charge < -0.3 is 5.73 Å². The van der Waals surface area contributed by atoms with Gasteiger partial charge in [-0.3, -0.25) is 4.68 Å². The molecule has 4 heteroatoms. The summed E-state index contributed by atoms with van der Waals surface area (Å²) < 4.78 is 2.99. The van der Waals surface area contributed by atoms with Gasteiger partial charge in [0.25, 0.3) is 0 Å². The Morgan fingerprint density at radius 2 is 2.31 bits per heavy atom. The molecule has 0 saturated carbocycles. The van der Waals surface area contributed by atoms with Crippen molar-refractivity contribution in [1.29, 1.82) is 0 Å². The summed E-state index contributed by atoms with van der Waals surface area (Å²) in [4.78, 5) is 0. The van der Waals surface area contributed by atoms with E-state index >= 15 is 0 Å². The van der Waals surface area contributed by atoms with Crippen molar-refractivity contribution in [2.45, 2.75) is 19.5 Å². The number of halogens is 1. The van der Waals surface area contributed by atoms with E-state index in [-0.39, 0.29) is 6.04 Å². The summed E-state index contributed by atoms with van der Waals surface area (Å²) in [5, 5.41) is 4.28. The zero-order chi connectivity index (χ0) is 11.5. The van der Waals surface area contributed by atoms with Crippen LogP contribution >= 0.6 is 15.9 Å². The van der Waals surface area contributed by atoms with Crippen LogP contribution in [0.5, 0.6) is 0 Å². The molecule has 1 atom stereocenters. The number of hydrogen-bond acceptors (Lipinski definition) is 2. The molecular formula is C12H14BrN3. The van der Waals surface area contributed by atoms with E-state index in [1.807, 2.05) is 36.1 Å². The van der Waals surface area contributed by atoms with Crippen molar-refractivity contribution in [3.63, 3.8) is 0 Å². The zero-order valence-corrected chi connectivity index (χ0v) is 10.7. The van der Waals surface area contributed by atoms with E-state index in [1.165, 1.54) is 5.56 Å². The van der Waals surface area contributed by atoms with Gasteiger partial charge in [0.1, 0.15) is 0 Å². The SMILES string of the molecule is CC(N)c1cnn(Cc2cccc(Br)c2)c1. The highest BCUT2D eigenvalue weighted by atomic mass is 79.9. The Morgan fingerprint density at radius 1 is 1.50 bits per heavy atom. The molecule has 2 aromatic rings. The van der Waals surface area contributed by atoms with Gasteiger partial charge in [-0.15, -0.1) is 0 Å². The molecule has 2 N–H and O–H groups in total. The van der Waals surface area contributed by atoms with Crippen molar-refractivity contribution < 1.29 is 0 Å². The van der Waals surface area contributed by atoms with Crippen LogP contribution in [0.4, 0.5) is 0 Å². The van der Waals surface area contributed by atoms with Crippen molar-refractivity contribution in [1.82, 2.24) is 9.78 Å². The van der Waals surface area contributed by atoms with Gasteiger partial charge in [-0.05, 0) is 24.6 Å². The number of hydrogen-bond donors (Lipinski definition) is 1. The van der Waals surface area contributed by atoms with Gasteiger partial charge in [-0.25, -0.2) is 0 Å². The van der Waals surface area contributed by atoms with Crippen LogP contribution in [-0.2, 0) is 6.54 Å². The van der Waals surface area contributed by atoms with Gasteiger partial charge in [0.15, 0.2) is 0 Å². The third-order valence-electron chi connectivity index (χ3n) is 2.41. The van der Waals surface area contributed by atoms with E-state index in [0.29, 0.717) is 0 Å². The van der Waals surface area contributed by atoms with Crippen LogP contribution in [0.1, 0.15) is 24.1 Å². The molecule has 3 nitrogen and oxygen atoms in total. The first kappa shape index (κ1) is 11.4. The molecule has 1 aromatic heterocycles. The van der Waals surface area contributed by atoms with E-state index in [4.69, 9.17) is 5.73 Å². The lowest BCUT2D eigenvalue weighted by Gasteiger charge is -2.02. The number of rotatable bonds is 3. The summed E-state index contributed by atoms with van der Waals surface area (Å²) in [6.07, 6.45) is 3.81. The van der Waals surface area contributed by atoms with Gasteiger partial charge in [-0.1, -0.05) is 28.1 Å². The summed E-state index contributed by atoms with van der Waals surface area (Å²) in [5.74, 6) is 0. The predicted molar refractivity (Wildman–Crippen MR) is 68.1 cm³/mol. The molecule has 16 heavy (non-hydrogen) atoms. The van der Waals surface area contributed by atoms with Gasteiger partial charge in [0.05, 0.1) is 12.7 Å². The van der Waals surface area contributed by atoms with E-state index in [9.17, 15) is 0 Å². The second-order valence-electron chi connectivity index (χ2n) is 3.89. The highest BCUT2D eigenvalue weighted by Gasteiger charge is 2.03. The third-order valence-corrected chi connectivity index (χ3v) is 2.91. The highest BCUT2D eigenvalue weighted by molar-refractivity contribution is 9.10. The van der Waals surface area contributed by atoms with Gasteiger partial charge in [-0.2, -0.15) is 5.10 Å². The molecule has 0 spiro atoms. The second kappa shape index (κ2) is 4.80. The highest BCUT2D eigenvalue weighted by Crippen LogP contribution is 2.13. The molecule has 84 valence electrons. The Bertz CT molecular complexity index is 477. The fourth-order valence-electron chi connectivity index (χ4n) is 1.52. The zero-order valence-electron chi connectivity index (χ0n) is 9.10. The van der Waals surface area contributed by atoms with Crippen molar-refractivity contribution in [2.75, 3.05) is 0 Å². The van der Waals surface area contributed by atoms with Crippen LogP contribution in [-0.4, -0.2) is 9.78 Å². The number of nitrogens with zero attached hydrogens (tertiary/aromatic N) is 2. The topological polar surface area (TPSA) is 43.8 Å². The lowest BCUT2D eigenvalue weighted by molar-refractivity contribution is 0.684. The number of nitrogens with two attached hydrogens (primary N) is 1. The van der Waals surface area contributed by atoms with Gasteiger partial charge in [0.2, 0.25) is 0 Å². The molecule has 1 unspecified atom stereocenters. The van der Waals surface area contributed by atoms with Crippen molar-refractivity contribution in [3.05, 3.63) is 52.3 Å². The van der Waals surface area contributed by atoms with E-state index in [2.05, 4.69) is 33.2 Å². The normalized spacial score (nSPS) is 12.7. The molecule has 1 heterocycles. The van der Waals surface area contributed by atoms with Gasteiger partial charge >= 0.3 is 0 Å². The molecular weight excluding hydrogens is 266 g/mol. The Labute approximate surface area is 103 Å². The summed E-state index contributed by atoms with van der Waals surface area (Å²) >= 11 is 3.45. The number of aromatic nitrogens is 2. The molecule has 0 aliphatic rings. The molecule has 2 rings (SSSR count). The van der Waals surface area contributed by atoms with Crippen molar-refractivity contribution in [3.8, 4) is 0 Å². The Morgan fingerprint density at radius 3 is 2.94 bits per heavy atom. The first-order chi connectivity index (χ1) is 7.65. The fourth-order valence-corrected chi connectivity index (χ4v) is 1.97. The van der Waals surface area contributed by atoms with Crippen LogP contribution in [0.25, 0.3) is 0 Å². The first-order valence-electron chi connectivity index (χ1n) is 5.17. The molecule has 1 aromatic carbocycles. The maximum atomic E-state index is 5.78. The van der Waals surface area contributed by atoms with Crippen LogP contribution in [0.2, 0.25) is 0 Å². The molecule has 0 saturated heterocycles. The third kappa shape index (κ3) is 2.71. The second-order valence-corrected chi connectivity index (χ2v) is 4.81. The lowest BCUT2D eigenvalue weighted by atomic mass is 10.2. The van der Waals surface area contributed by atoms with Crippen molar-refractivity contribution in [2.24, 2.45) is 5.73 Å². The monoisotopic (exact) mass is 279 g/mol. The standard InChI is InChI=1S/C12H14BrN3/c1-9(14)11-6-15-16(8-11)7-10-3-2-4-12(13)5-10/h2-6,8-9H,7,14H2,1H3. The molecule has 0 radical (unpaired) electrons. The van der Waals surface area contributed by atoms with Crippen molar-refractivity contribution >= 4 is 15.9 Å². The van der Waals surface area contributed by atoms with Gasteiger partial charge in [0, 0.05) is 22.3 Å². The predicted octanol–water partition coefficient (Wildman–Crippen LogP) is 2.71. The first-order valence-corrected chi connectivity index (χ1v) is 5.97. The summed E-state index contributed by atoms with van der Waals surface area (Å²) in [6.45, 7) is 2.73. The smallest absolute Gasteiger partial charge is 0.0659 e. The molecule has 0 aliphatic carbocycles. The molecule has 0 amide bonds. The lowest BCUT2D eigenvalue weighted by Crippen LogP contribution is -2.04. The number of benzene rings is 1. The fraction of sp³-hybridized carbons (Fsp3) is 0.250. The maximum Gasteiger partial charge on any atom is 0.0659 e. The van der Waals surface area contributed by atoms with Crippen LogP contribution in [0.15, 0.2) is 41.1 Å². The Balaban J connectivity index is 2.14. The minimum Gasteiger partial charge on any atom is -0.324 e.